The van der Waals surface area contributed by atoms with Gasteiger partial charge in [-0.15, -0.1) is 0 Å². The van der Waals surface area contributed by atoms with Crippen LogP contribution in [0, 0.1) is 12.8 Å². The van der Waals surface area contributed by atoms with Crippen molar-refractivity contribution in [3.05, 3.63) is 17.5 Å². The van der Waals surface area contributed by atoms with Gasteiger partial charge in [-0.1, -0.05) is 19.3 Å². The van der Waals surface area contributed by atoms with Crippen LogP contribution in [0.5, 0.6) is 0 Å². The van der Waals surface area contributed by atoms with Crippen LogP contribution in [0.2, 0.25) is 0 Å². The summed E-state index contributed by atoms with van der Waals surface area (Å²) in [7, 11) is 1.92. The highest BCUT2D eigenvalue weighted by molar-refractivity contribution is 5.19. The second kappa shape index (κ2) is 4.35. The third-order valence-corrected chi connectivity index (χ3v) is 3.69. The van der Waals surface area contributed by atoms with E-state index in [0.29, 0.717) is 5.92 Å². The summed E-state index contributed by atoms with van der Waals surface area (Å²) in [4.78, 5) is 0. The van der Waals surface area contributed by atoms with E-state index in [4.69, 9.17) is 0 Å². The van der Waals surface area contributed by atoms with E-state index < -0.39 is 0 Å². The first-order chi connectivity index (χ1) is 7.20. The van der Waals surface area contributed by atoms with E-state index in [2.05, 4.69) is 5.10 Å². The van der Waals surface area contributed by atoms with Gasteiger partial charge in [0.05, 0.1) is 12.3 Å². The zero-order chi connectivity index (χ0) is 10.8. The minimum atomic E-state index is -0.306. The third-order valence-electron chi connectivity index (χ3n) is 3.69. The van der Waals surface area contributed by atoms with E-state index in [0.717, 1.165) is 24.1 Å². The minimum absolute atomic E-state index is 0.306. The molecule has 1 atom stereocenters. The first-order valence-electron chi connectivity index (χ1n) is 5.86. The molecule has 3 nitrogen and oxygen atoms in total. The standard InChI is InChI=1S/C12H20N2O/c1-9-11(8-13-14(9)2)12(15)10-6-4-3-5-7-10/h8,10,12,15H,3-7H2,1-2H3. The molecule has 1 saturated carbocycles. The van der Waals surface area contributed by atoms with Crippen molar-refractivity contribution >= 4 is 0 Å². The third kappa shape index (κ3) is 2.07. The molecule has 1 unspecified atom stereocenters. The van der Waals surface area contributed by atoms with Gasteiger partial charge in [0.15, 0.2) is 0 Å². The van der Waals surface area contributed by atoms with E-state index in [9.17, 15) is 5.11 Å². The number of aromatic nitrogens is 2. The van der Waals surface area contributed by atoms with Crippen LogP contribution >= 0.6 is 0 Å². The number of aliphatic hydroxyl groups excluding tert-OH is 1. The molecule has 15 heavy (non-hydrogen) atoms. The van der Waals surface area contributed by atoms with Gasteiger partial charge in [-0.05, 0) is 25.7 Å². The van der Waals surface area contributed by atoms with Gasteiger partial charge in [0.25, 0.3) is 0 Å². The summed E-state index contributed by atoms with van der Waals surface area (Å²) < 4.78 is 1.83. The lowest BCUT2D eigenvalue weighted by molar-refractivity contribution is 0.0842. The van der Waals surface area contributed by atoms with E-state index in [1.165, 1.54) is 19.3 Å². The summed E-state index contributed by atoms with van der Waals surface area (Å²) in [6.07, 6.45) is 7.69. The molecule has 84 valence electrons. The average molecular weight is 208 g/mol. The Bertz CT molecular complexity index is 326. The van der Waals surface area contributed by atoms with Gasteiger partial charge in [-0.25, -0.2) is 0 Å². The van der Waals surface area contributed by atoms with Gasteiger partial charge >= 0.3 is 0 Å². The van der Waals surface area contributed by atoms with Crippen molar-refractivity contribution in [2.24, 2.45) is 13.0 Å². The minimum Gasteiger partial charge on any atom is -0.388 e. The van der Waals surface area contributed by atoms with E-state index in [-0.39, 0.29) is 6.10 Å². The smallest absolute Gasteiger partial charge is 0.0851 e. The molecule has 1 aromatic rings. The molecular weight excluding hydrogens is 188 g/mol. The fraction of sp³-hybridized carbons (Fsp3) is 0.750. The molecule has 0 amide bonds. The molecule has 0 spiro atoms. The Morgan fingerprint density at radius 3 is 2.60 bits per heavy atom. The first-order valence-corrected chi connectivity index (χ1v) is 5.86. The number of aryl methyl sites for hydroxylation is 1. The van der Waals surface area contributed by atoms with Crippen LogP contribution in [-0.2, 0) is 7.05 Å². The summed E-state index contributed by atoms with van der Waals surface area (Å²) in [6.45, 7) is 2.02. The summed E-state index contributed by atoms with van der Waals surface area (Å²) in [5.41, 5.74) is 2.11. The maximum Gasteiger partial charge on any atom is 0.0851 e. The summed E-state index contributed by atoms with van der Waals surface area (Å²) >= 11 is 0. The molecule has 0 saturated heterocycles. The van der Waals surface area contributed by atoms with Crippen LogP contribution in [-0.4, -0.2) is 14.9 Å². The van der Waals surface area contributed by atoms with Crippen molar-refractivity contribution in [3.63, 3.8) is 0 Å². The van der Waals surface area contributed by atoms with Crippen molar-refractivity contribution in [2.45, 2.75) is 45.1 Å². The SMILES string of the molecule is Cc1c(C(O)C2CCCCC2)cnn1C. The molecule has 0 radical (unpaired) electrons. The molecular formula is C12H20N2O. The predicted octanol–water partition coefficient (Wildman–Crippen LogP) is 2.34. The molecule has 1 aromatic heterocycles. The summed E-state index contributed by atoms with van der Waals surface area (Å²) in [5.74, 6) is 0.446. The Balaban J connectivity index is 2.12. The first kappa shape index (κ1) is 10.7. The topological polar surface area (TPSA) is 38.1 Å². The van der Waals surface area contributed by atoms with E-state index >= 15 is 0 Å². The Labute approximate surface area is 91.1 Å². The van der Waals surface area contributed by atoms with Gasteiger partial charge in [0, 0.05) is 18.3 Å². The Morgan fingerprint density at radius 2 is 2.07 bits per heavy atom. The van der Waals surface area contributed by atoms with E-state index in [1.54, 1.807) is 0 Å². The normalized spacial score (nSPS) is 20.5. The molecule has 2 rings (SSSR count). The highest BCUT2D eigenvalue weighted by atomic mass is 16.3. The fourth-order valence-electron chi connectivity index (χ4n) is 2.51. The quantitative estimate of drug-likeness (QED) is 0.810. The molecule has 3 heteroatoms. The Kier molecular flexibility index (Phi) is 3.10. The van der Waals surface area contributed by atoms with Crippen LogP contribution in [0.3, 0.4) is 0 Å². The Morgan fingerprint density at radius 1 is 1.40 bits per heavy atom. The monoisotopic (exact) mass is 208 g/mol. The maximum atomic E-state index is 10.3. The number of hydrogen-bond acceptors (Lipinski definition) is 2. The summed E-state index contributed by atoms with van der Waals surface area (Å²) in [6, 6.07) is 0. The molecule has 0 aromatic carbocycles. The lowest BCUT2D eigenvalue weighted by Gasteiger charge is -2.26. The summed E-state index contributed by atoms with van der Waals surface area (Å²) in [5, 5.41) is 14.5. The number of nitrogens with zero attached hydrogens (tertiary/aromatic N) is 2. The molecule has 1 aliphatic carbocycles. The van der Waals surface area contributed by atoms with Crippen LogP contribution in [0.25, 0.3) is 0 Å². The van der Waals surface area contributed by atoms with Gasteiger partial charge in [-0.3, -0.25) is 4.68 Å². The van der Waals surface area contributed by atoms with Crippen LogP contribution < -0.4 is 0 Å². The van der Waals surface area contributed by atoms with Crippen molar-refractivity contribution < 1.29 is 5.11 Å². The van der Waals surface area contributed by atoms with Crippen LogP contribution in [0.1, 0.15) is 49.5 Å². The predicted molar refractivity (Wildman–Crippen MR) is 59.5 cm³/mol. The van der Waals surface area contributed by atoms with Gasteiger partial charge in [-0.2, -0.15) is 5.10 Å². The zero-order valence-electron chi connectivity index (χ0n) is 9.61. The average Bonchev–Trinajstić information content (AvgIpc) is 2.60. The Hall–Kier alpha value is -0.830. The zero-order valence-corrected chi connectivity index (χ0v) is 9.61. The number of rotatable bonds is 2. The van der Waals surface area contributed by atoms with Crippen molar-refractivity contribution in [2.75, 3.05) is 0 Å². The highest BCUT2D eigenvalue weighted by Crippen LogP contribution is 2.35. The van der Waals surface area contributed by atoms with Crippen molar-refractivity contribution in [1.29, 1.82) is 0 Å². The lowest BCUT2D eigenvalue weighted by atomic mass is 9.83. The van der Waals surface area contributed by atoms with E-state index in [1.807, 2.05) is 24.9 Å². The number of aliphatic hydroxyl groups is 1. The number of hydrogen-bond donors (Lipinski definition) is 1. The van der Waals surface area contributed by atoms with Gasteiger partial charge in [0.2, 0.25) is 0 Å². The van der Waals surface area contributed by atoms with Crippen LogP contribution in [0.4, 0.5) is 0 Å². The van der Waals surface area contributed by atoms with Crippen molar-refractivity contribution in [3.8, 4) is 0 Å². The molecule has 0 bridgehead atoms. The van der Waals surface area contributed by atoms with Gasteiger partial charge in [0.1, 0.15) is 0 Å². The molecule has 1 heterocycles. The second-order valence-electron chi connectivity index (χ2n) is 4.65. The largest absolute Gasteiger partial charge is 0.388 e. The van der Waals surface area contributed by atoms with Gasteiger partial charge < -0.3 is 5.11 Å². The second-order valence-corrected chi connectivity index (χ2v) is 4.65. The molecule has 1 aliphatic rings. The fourth-order valence-corrected chi connectivity index (χ4v) is 2.51. The molecule has 1 fully saturated rings. The maximum absolute atomic E-state index is 10.3. The molecule has 1 N–H and O–H groups in total. The lowest BCUT2D eigenvalue weighted by Crippen LogP contribution is -2.16. The highest BCUT2D eigenvalue weighted by Gasteiger charge is 2.25. The van der Waals surface area contributed by atoms with Crippen LogP contribution in [0.15, 0.2) is 6.20 Å². The van der Waals surface area contributed by atoms with Crippen molar-refractivity contribution in [1.82, 2.24) is 9.78 Å². The molecule has 0 aliphatic heterocycles.